The number of rotatable bonds is 16. The van der Waals surface area contributed by atoms with E-state index in [0.29, 0.717) is 74.8 Å². The van der Waals surface area contributed by atoms with Gasteiger partial charge in [-0.3, -0.25) is 9.97 Å². The summed E-state index contributed by atoms with van der Waals surface area (Å²) < 4.78 is 11.2. The maximum Gasteiger partial charge on any atom is 0.237 e. The monoisotopic (exact) mass is 703 g/mol. The lowest BCUT2D eigenvalue weighted by atomic mass is 9.98. The average molecular weight is 705 g/mol. The number of aromatic nitrogens is 4. The molecule has 0 amide bonds. The predicted octanol–water partition coefficient (Wildman–Crippen LogP) is 5.71. The molecule has 1 fully saturated rings. The Morgan fingerprint density at radius 2 is 1.43 bits per heavy atom. The van der Waals surface area contributed by atoms with E-state index in [2.05, 4.69) is 43.1 Å². The van der Waals surface area contributed by atoms with Crippen LogP contribution in [-0.4, -0.2) is 67.4 Å². The van der Waals surface area contributed by atoms with Crippen molar-refractivity contribution >= 4 is 23.2 Å². The summed E-state index contributed by atoms with van der Waals surface area (Å²) in [5.74, 6) is 0.869. The number of halogens is 2. The molecule has 11 nitrogen and oxygen atoms in total. The van der Waals surface area contributed by atoms with Crippen LogP contribution in [0.4, 0.5) is 0 Å². The molecule has 0 bridgehead atoms. The summed E-state index contributed by atoms with van der Waals surface area (Å²) >= 11 is 14.1. The van der Waals surface area contributed by atoms with Gasteiger partial charge >= 0.3 is 0 Å². The molecule has 0 radical (unpaired) electrons. The number of allylic oxidation sites excluding steroid dienone is 1. The highest BCUT2D eigenvalue weighted by Gasteiger charge is 2.20. The minimum absolute atomic E-state index is 0.363. The van der Waals surface area contributed by atoms with Crippen LogP contribution in [0.2, 0.25) is 10.0 Å². The van der Waals surface area contributed by atoms with Crippen LogP contribution in [-0.2, 0) is 13.1 Å². The van der Waals surface area contributed by atoms with E-state index in [9.17, 15) is 0 Å². The second kappa shape index (κ2) is 17.3. The van der Waals surface area contributed by atoms with E-state index >= 15 is 0 Å². The molecule has 0 unspecified atom stereocenters. The largest absolute Gasteiger partial charge is 0.480 e. The third kappa shape index (κ3) is 8.79. The second-order valence-electron chi connectivity index (χ2n) is 11.5. The van der Waals surface area contributed by atoms with Crippen LogP contribution >= 0.6 is 23.2 Å². The third-order valence-electron chi connectivity index (χ3n) is 8.24. The molecular weight excluding hydrogens is 661 g/mol. The SMILES string of the molecule is C=C1CC[C@@H](CNCc2ncc(-c3cccc(-c4cccc(-c5cnc(CNCC/C(=C/NC)NC)c(OC)n5)c4Cl)c3Cl)nc2OC)N1. The van der Waals surface area contributed by atoms with Crippen LogP contribution in [0.5, 0.6) is 11.8 Å². The van der Waals surface area contributed by atoms with Gasteiger partial charge in [-0.15, -0.1) is 0 Å². The topological polar surface area (TPSA) is 130 Å². The summed E-state index contributed by atoms with van der Waals surface area (Å²) in [5, 5.41) is 17.4. The van der Waals surface area contributed by atoms with Crippen LogP contribution in [0.3, 0.4) is 0 Å². The fraction of sp³-hybridized carbons (Fsp3) is 0.333. The molecule has 0 saturated carbocycles. The summed E-state index contributed by atoms with van der Waals surface area (Å²) in [6.45, 7) is 6.58. The van der Waals surface area contributed by atoms with E-state index in [1.165, 1.54) is 0 Å². The zero-order valence-electron chi connectivity index (χ0n) is 28.3. The molecule has 2 aromatic heterocycles. The van der Waals surface area contributed by atoms with E-state index in [1.54, 1.807) is 26.6 Å². The maximum absolute atomic E-state index is 7.07. The van der Waals surface area contributed by atoms with Crippen molar-refractivity contribution in [3.8, 4) is 45.4 Å². The van der Waals surface area contributed by atoms with Gasteiger partial charge in [-0.1, -0.05) is 66.2 Å². The van der Waals surface area contributed by atoms with E-state index in [1.807, 2.05) is 56.7 Å². The Hall–Kier alpha value is -4.42. The number of ether oxygens (including phenoxy) is 2. The molecule has 1 aliphatic heterocycles. The highest BCUT2D eigenvalue weighted by atomic mass is 35.5. The zero-order valence-corrected chi connectivity index (χ0v) is 29.8. The molecule has 0 aliphatic carbocycles. The maximum atomic E-state index is 7.07. The highest BCUT2D eigenvalue weighted by molar-refractivity contribution is 6.39. The summed E-state index contributed by atoms with van der Waals surface area (Å²) in [6, 6.07) is 11.9. The summed E-state index contributed by atoms with van der Waals surface area (Å²) in [7, 11) is 6.95. The lowest BCUT2D eigenvalue weighted by Gasteiger charge is -2.15. The number of hydrogen-bond acceptors (Lipinski definition) is 11. The molecule has 1 aliphatic rings. The fourth-order valence-electron chi connectivity index (χ4n) is 5.67. The van der Waals surface area contributed by atoms with Crippen LogP contribution in [0.1, 0.15) is 30.7 Å². The van der Waals surface area contributed by atoms with Gasteiger partial charge in [0.2, 0.25) is 11.8 Å². The average Bonchev–Trinajstić information content (AvgIpc) is 3.54. The van der Waals surface area contributed by atoms with E-state index in [0.717, 1.165) is 54.9 Å². The van der Waals surface area contributed by atoms with Gasteiger partial charge in [-0.05, 0) is 12.8 Å². The summed E-state index contributed by atoms with van der Waals surface area (Å²) in [5.41, 5.74) is 7.68. The Labute approximate surface area is 298 Å². The summed E-state index contributed by atoms with van der Waals surface area (Å²) in [4.78, 5) is 18.9. The second-order valence-corrected chi connectivity index (χ2v) is 12.3. The van der Waals surface area contributed by atoms with Crippen molar-refractivity contribution in [2.75, 3.05) is 41.4 Å². The first kappa shape index (κ1) is 35.9. The van der Waals surface area contributed by atoms with Crippen LogP contribution in [0, 0.1) is 0 Å². The van der Waals surface area contributed by atoms with Gasteiger partial charge in [-0.2, -0.15) is 0 Å². The Balaban J connectivity index is 1.34. The van der Waals surface area contributed by atoms with E-state index < -0.39 is 0 Å². The molecule has 49 heavy (non-hydrogen) atoms. The molecule has 4 aromatic rings. The number of methoxy groups -OCH3 is 2. The minimum atomic E-state index is 0.363. The molecule has 3 heterocycles. The van der Waals surface area contributed by atoms with Crippen molar-refractivity contribution in [1.82, 2.24) is 46.5 Å². The predicted molar refractivity (Wildman–Crippen MR) is 197 cm³/mol. The minimum Gasteiger partial charge on any atom is -0.480 e. The van der Waals surface area contributed by atoms with Gasteiger partial charge in [0.05, 0.1) is 48.0 Å². The van der Waals surface area contributed by atoms with Crippen LogP contribution in [0.15, 0.2) is 73.0 Å². The number of benzene rings is 2. The molecule has 5 N–H and O–H groups in total. The standard InChI is InChI=1S/C36H43Cl2N9O2/c1-22-12-13-24(45-22)17-42-19-32-36(49-5)47-30(21-44-32)28-11-7-9-26(34(28)38)25-8-6-10-27(33(25)37)29-20-43-31(35(46-29)48-4)18-41-15-14-23(40-3)16-39-2/h6-11,16,20-21,24,39-42,45H,1,12-15,17-19H2,2-5H3/b23-16-/t24-/m0/s1. The molecule has 2 aromatic carbocycles. The molecular formula is C36H43Cl2N9O2. The zero-order chi connectivity index (χ0) is 34.8. The molecule has 13 heteroatoms. The normalized spacial score (nSPS) is 14.4. The number of nitrogens with one attached hydrogen (secondary N) is 5. The van der Waals surface area contributed by atoms with Gasteiger partial charge in [0.1, 0.15) is 11.4 Å². The number of nitrogens with zero attached hydrogens (tertiary/aromatic N) is 4. The van der Waals surface area contributed by atoms with Crippen molar-refractivity contribution < 1.29 is 9.47 Å². The van der Waals surface area contributed by atoms with Gasteiger partial charge in [0.15, 0.2) is 0 Å². The third-order valence-corrected chi connectivity index (χ3v) is 9.05. The quantitative estimate of drug-likeness (QED) is 0.0921. The Kier molecular flexibility index (Phi) is 12.7. The molecule has 0 spiro atoms. The van der Waals surface area contributed by atoms with Crippen molar-refractivity contribution in [2.45, 2.75) is 38.4 Å². The van der Waals surface area contributed by atoms with E-state index in [4.69, 9.17) is 42.6 Å². The highest BCUT2D eigenvalue weighted by Crippen LogP contribution is 2.42. The van der Waals surface area contributed by atoms with E-state index in [-0.39, 0.29) is 0 Å². The molecule has 1 atom stereocenters. The first-order valence-electron chi connectivity index (χ1n) is 16.1. The molecule has 258 valence electrons. The fourth-order valence-corrected chi connectivity index (χ4v) is 6.32. The lowest BCUT2D eigenvalue weighted by Crippen LogP contribution is -2.33. The first-order chi connectivity index (χ1) is 23.9. The first-order valence-corrected chi connectivity index (χ1v) is 16.9. The van der Waals surface area contributed by atoms with Crippen LogP contribution in [0.25, 0.3) is 33.6 Å². The Morgan fingerprint density at radius 1 is 0.878 bits per heavy atom. The van der Waals surface area contributed by atoms with Gasteiger partial charge < -0.3 is 36.1 Å². The lowest BCUT2D eigenvalue weighted by molar-refractivity contribution is 0.386. The smallest absolute Gasteiger partial charge is 0.237 e. The Bertz CT molecular complexity index is 1800. The number of hydrogen-bond donors (Lipinski definition) is 5. The van der Waals surface area contributed by atoms with Crippen LogP contribution < -0.4 is 36.1 Å². The summed E-state index contributed by atoms with van der Waals surface area (Å²) in [6.07, 6.45) is 8.26. The molecule has 1 saturated heterocycles. The Morgan fingerprint density at radius 3 is 1.92 bits per heavy atom. The van der Waals surface area contributed by atoms with Gasteiger partial charge in [0, 0.05) is 92.6 Å². The van der Waals surface area contributed by atoms with Crippen molar-refractivity contribution in [1.29, 1.82) is 0 Å². The van der Waals surface area contributed by atoms with Crippen molar-refractivity contribution in [2.24, 2.45) is 0 Å². The van der Waals surface area contributed by atoms with Crippen molar-refractivity contribution in [3.05, 3.63) is 94.4 Å². The van der Waals surface area contributed by atoms with Crippen molar-refractivity contribution in [3.63, 3.8) is 0 Å². The van der Waals surface area contributed by atoms with Gasteiger partial charge in [-0.25, -0.2) is 9.97 Å². The van der Waals surface area contributed by atoms with Gasteiger partial charge in [0.25, 0.3) is 0 Å². The molecule has 5 rings (SSSR count).